The molecule has 1 unspecified atom stereocenters. The molecule has 0 saturated heterocycles. The van der Waals surface area contributed by atoms with Crippen molar-refractivity contribution in [3.8, 4) is 0 Å². The lowest BCUT2D eigenvalue weighted by molar-refractivity contribution is -0.124. The molecule has 2 rings (SSSR count). The highest BCUT2D eigenvalue weighted by Gasteiger charge is 2.25. The number of rotatable bonds is 7. The summed E-state index contributed by atoms with van der Waals surface area (Å²) in [6, 6.07) is 8.64. The highest BCUT2D eigenvalue weighted by atomic mass is 16.2. The topological polar surface area (TPSA) is 41.1 Å². The third kappa shape index (κ3) is 4.57. The van der Waals surface area contributed by atoms with Gasteiger partial charge in [-0.2, -0.15) is 0 Å². The quantitative estimate of drug-likeness (QED) is 0.809. The van der Waals surface area contributed by atoms with Gasteiger partial charge in [0.1, 0.15) is 0 Å². The Morgan fingerprint density at radius 3 is 2.71 bits per heavy atom. The van der Waals surface area contributed by atoms with Crippen molar-refractivity contribution in [3.63, 3.8) is 0 Å². The average Bonchev–Trinajstić information content (AvgIpc) is 2.52. The van der Waals surface area contributed by atoms with Crippen molar-refractivity contribution >= 4 is 5.91 Å². The first kappa shape index (κ1) is 16.0. The van der Waals surface area contributed by atoms with Gasteiger partial charge in [0.25, 0.3) is 0 Å². The fraction of sp³-hybridized carbons (Fsp3) is 0.611. The van der Waals surface area contributed by atoms with Crippen LogP contribution < -0.4 is 10.6 Å². The van der Waals surface area contributed by atoms with E-state index in [4.69, 9.17) is 0 Å². The highest BCUT2D eigenvalue weighted by molar-refractivity contribution is 5.82. The van der Waals surface area contributed by atoms with E-state index in [2.05, 4.69) is 48.7 Å². The molecule has 0 radical (unpaired) electrons. The summed E-state index contributed by atoms with van der Waals surface area (Å²) in [4.78, 5) is 12.5. The number of hydrogen-bond donors (Lipinski definition) is 2. The van der Waals surface area contributed by atoms with Gasteiger partial charge >= 0.3 is 0 Å². The van der Waals surface area contributed by atoms with Crippen LogP contribution >= 0.6 is 0 Å². The molecule has 1 aliphatic rings. The lowest BCUT2D eigenvalue weighted by Crippen LogP contribution is -2.50. The van der Waals surface area contributed by atoms with E-state index in [1.54, 1.807) is 0 Å². The summed E-state index contributed by atoms with van der Waals surface area (Å²) in [7, 11) is 0. The maximum absolute atomic E-state index is 12.5. The second-order valence-corrected chi connectivity index (χ2v) is 6.04. The Labute approximate surface area is 128 Å². The van der Waals surface area contributed by atoms with Gasteiger partial charge in [0.05, 0.1) is 6.04 Å². The lowest BCUT2D eigenvalue weighted by Gasteiger charge is -2.27. The summed E-state index contributed by atoms with van der Waals surface area (Å²) in [6.45, 7) is 5.17. The van der Waals surface area contributed by atoms with E-state index in [9.17, 15) is 4.79 Å². The van der Waals surface area contributed by atoms with Gasteiger partial charge in [0.15, 0.2) is 0 Å². The summed E-state index contributed by atoms with van der Waals surface area (Å²) >= 11 is 0. The fourth-order valence-corrected chi connectivity index (χ4v) is 3.03. The van der Waals surface area contributed by atoms with Crippen molar-refractivity contribution in [1.82, 2.24) is 10.6 Å². The summed E-state index contributed by atoms with van der Waals surface area (Å²) in [5.41, 5.74) is 2.62. The van der Waals surface area contributed by atoms with Crippen LogP contribution in [0.3, 0.4) is 0 Å². The van der Waals surface area contributed by atoms with Gasteiger partial charge in [-0.15, -0.1) is 0 Å². The minimum absolute atomic E-state index is 0.0825. The summed E-state index contributed by atoms with van der Waals surface area (Å²) in [5, 5.41) is 6.62. The van der Waals surface area contributed by atoms with E-state index < -0.39 is 0 Å². The Morgan fingerprint density at radius 1 is 1.24 bits per heavy atom. The molecule has 0 bridgehead atoms. The van der Waals surface area contributed by atoms with Gasteiger partial charge in [-0.05, 0) is 30.4 Å². The van der Waals surface area contributed by atoms with Gasteiger partial charge in [0, 0.05) is 12.6 Å². The predicted octanol–water partition coefficient (Wildman–Crippen LogP) is 3.18. The largest absolute Gasteiger partial charge is 0.352 e. The molecule has 0 aliphatic carbocycles. The van der Waals surface area contributed by atoms with Crippen LogP contribution in [-0.2, 0) is 17.8 Å². The van der Waals surface area contributed by atoms with Crippen LogP contribution in [0.1, 0.15) is 57.1 Å². The van der Waals surface area contributed by atoms with Gasteiger partial charge in [-0.25, -0.2) is 0 Å². The molecular weight excluding hydrogens is 260 g/mol. The van der Waals surface area contributed by atoms with Gasteiger partial charge in [0.2, 0.25) is 5.91 Å². The van der Waals surface area contributed by atoms with Crippen LogP contribution in [0.4, 0.5) is 0 Å². The van der Waals surface area contributed by atoms with Gasteiger partial charge < -0.3 is 10.6 Å². The fourth-order valence-electron chi connectivity index (χ4n) is 3.03. The number of fused-ring (bicyclic) bond motifs is 1. The molecule has 3 heteroatoms. The van der Waals surface area contributed by atoms with Crippen LogP contribution in [0.5, 0.6) is 0 Å². The maximum atomic E-state index is 12.5. The normalized spacial score (nSPS) is 18.9. The molecule has 0 spiro atoms. The Kier molecular flexibility index (Phi) is 6.24. The minimum atomic E-state index is -0.0825. The lowest BCUT2D eigenvalue weighted by atomic mass is 9.95. The molecule has 116 valence electrons. The first-order chi connectivity index (χ1) is 10.2. The van der Waals surface area contributed by atoms with E-state index in [1.165, 1.54) is 24.0 Å². The summed E-state index contributed by atoms with van der Waals surface area (Å²) in [6.07, 6.45) is 6.47. The van der Waals surface area contributed by atoms with E-state index in [0.717, 1.165) is 32.2 Å². The number of unbranched alkanes of at least 4 members (excludes halogenated alkanes) is 1. The molecule has 3 nitrogen and oxygen atoms in total. The van der Waals surface area contributed by atoms with Crippen LogP contribution in [0.15, 0.2) is 24.3 Å². The van der Waals surface area contributed by atoms with E-state index >= 15 is 0 Å². The minimum Gasteiger partial charge on any atom is -0.352 e. The Bertz CT molecular complexity index is 458. The molecule has 1 aromatic carbocycles. The van der Waals surface area contributed by atoms with E-state index in [-0.39, 0.29) is 11.9 Å². The molecule has 0 saturated carbocycles. The number of benzene rings is 1. The summed E-state index contributed by atoms with van der Waals surface area (Å²) in [5.74, 6) is 0.166. The van der Waals surface area contributed by atoms with Gasteiger partial charge in [-0.1, -0.05) is 57.4 Å². The monoisotopic (exact) mass is 288 g/mol. The molecule has 21 heavy (non-hydrogen) atoms. The second-order valence-electron chi connectivity index (χ2n) is 6.04. The first-order valence-corrected chi connectivity index (χ1v) is 8.35. The number of amides is 1. The van der Waals surface area contributed by atoms with E-state index in [1.807, 2.05) is 0 Å². The van der Waals surface area contributed by atoms with Crippen LogP contribution in [0.25, 0.3) is 0 Å². The molecule has 2 N–H and O–H groups in total. The molecule has 0 fully saturated rings. The number of carbonyl (C=O) groups is 1. The van der Waals surface area contributed by atoms with Crippen molar-refractivity contribution < 1.29 is 4.79 Å². The molecule has 0 aromatic heterocycles. The summed E-state index contributed by atoms with van der Waals surface area (Å²) < 4.78 is 0. The smallest absolute Gasteiger partial charge is 0.237 e. The molecule has 1 aromatic rings. The van der Waals surface area contributed by atoms with Gasteiger partial charge in [-0.3, -0.25) is 4.79 Å². The molecule has 1 aliphatic heterocycles. The number of carbonyl (C=O) groups excluding carboxylic acids is 1. The standard InChI is InChI=1S/C18H28N2O/c1-3-5-11-16(8-4-2)20-18(21)17-12-14-9-6-7-10-15(14)13-19-17/h6-7,9-10,16-17,19H,3-5,8,11-13H2,1-2H3,(H,20,21)/t16?,17-/m0/s1. The molecule has 2 atom stereocenters. The zero-order valence-electron chi connectivity index (χ0n) is 13.3. The SMILES string of the molecule is CCCCC(CCC)NC(=O)[C@@H]1Cc2ccccc2CN1. The zero-order chi connectivity index (χ0) is 15.1. The molecule has 1 heterocycles. The van der Waals surface area contributed by atoms with Crippen molar-refractivity contribution in [1.29, 1.82) is 0 Å². The Hall–Kier alpha value is -1.35. The van der Waals surface area contributed by atoms with Crippen LogP contribution in [-0.4, -0.2) is 18.0 Å². The Morgan fingerprint density at radius 2 is 2.00 bits per heavy atom. The van der Waals surface area contributed by atoms with E-state index in [0.29, 0.717) is 6.04 Å². The van der Waals surface area contributed by atoms with Crippen LogP contribution in [0.2, 0.25) is 0 Å². The second kappa shape index (κ2) is 8.18. The van der Waals surface area contributed by atoms with Crippen molar-refractivity contribution in [2.45, 2.75) is 71.0 Å². The van der Waals surface area contributed by atoms with Crippen LogP contribution in [0, 0.1) is 0 Å². The predicted molar refractivity (Wildman–Crippen MR) is 87.1 cm³/mol. The molecule has 1 amide bonds. The third-order valence-electron chi connectivity index (χ3n) is 4.29. The zero-order valence-corrected chi connectivity index (χ0v) is 13.3. The Balaban J connectivity index is 1.91. The molecular formula is C18H28N2O. The van der Waals surface area contributed by atoms with Crippen molar-refractivity contribution in [2.24, 2.45) is 0 Å². The van der Waals surface area contributed by atoms with Crippen molar-refractivity contribution in [2.75, 3.05) is 0 Å². The first-order valence-electron chi connectivity index (χ1n) is 8.35. The van der Waals surface area contributed by atoms with Crippen molar-refractivity contribution in [3.05, 3.63) is 35.4 Å². The maximum Gasteiger partial charge on any atom is 0.237 e. The third-order valence-corrected chi connectivity index (χ3v) is 4.29. The number of hydrogen-bond acceptors (Lipinski definition) is 2. The highest BCUT2D eigenvalue weighted by Crippen LogP contribution is 2.17. The number of nitrogens with one attached hydrogen (secondary N) is 2. The average molecular weight is 288 g/mol.